The topological polar surface area (TPSA) is 137 Å². The van der Waals surface area contributed by atoms with Crippen LogP contribution in [0.4, 0.5) is 10.2 Å². The molecule has 0 spiro atoms. The average Bonchev–Trinajstić information content (AvgIpc) is 2.63. The van der Waals surface area contributed by atoms with Gasteiger partial charge in [-0.25, -0.2) is 14.0 Å². The minimum atomic E-state index is -1.63. The van der Waals surface area contributed by atoms with E-state index in [1.54, 1.807) is 0 Å². The van der Waals surface area contributed by atoms with Gasteiger partial charge in [-0.15, -0.1) is 0 Å². The molecule has 1 aliphatic rings. The first-order chi connectivity index (χ1) is 13.3. The standard InChI is InChI=1S/C19H20FN3O5/c20-12-8-10(4-5-11(12)9-23-6-2-1-3-7-23)13-14(18(25)26)16(21)22-17(24)15(13)19(27)28/h4-5,8H,1-3,6-7,9H2,(H,25,26)(H,27,28)(H3,21,22,24). The van der Waals surface area contributed by atoms with E-state index < -0.39 is 45.8 Å². The van der Waals surface area contributed by atoms with Crippen LogP contribution >= 0.6 is 0 Å². The number of aromatic amines is 1. The number of rotatable bonds is 5. The van der Waals surface area contributed by atoms with Crippen LogP contribution in [0.2, 0.25) is 0 Å². The smallest absolute Gasteiger partial charge is 0.342 e. The average molecular weight is 389 g/mol. The number of hydrogen-bond donors (Lipinski definition) is 4. The highest BCUT2D eigenvalue weighted by Gasteiger charge is 2.27. The van der Waals surface area contributed by atoms with E-state index in [-0.39, 0.29) is 5.56 Å². The molecule has 2 heterocycles. The van der Waals surface area contributed by atoms with Crippen LogP contribution in [-0.4, -0.2) is 45.1 Å². The van der Waals surface area contributed by atoms with Crippen molar-refractivity contribution in [1.82, 2.24) is 9.88 Å². The van der Waals surface area contributed by atoms with Crippen molar-refractivity contribution in [2.75, 3.05) is 18.8 Å². The molecular weight excluding hydrogens is 369 g/mol. The number of likely N-dealkylation sites (tertiary alicyclic amines) is 1. The van der Waals surface area contributed by atoms with E-state index in [9.17, 15) is 29.0 Å². The predicted octanol–water partition coefficient (Wildman–Crippen LogP) is 2.15. The van der Waals surface area contributed by atoms with Crippen LogP contribution in [0.15, 0.2) is 23.0 Å². The number of nitrogens with one attached hydrogen (secondary N) is 1. The minimum Gasteiger partial charge on any atom is -0.478 e. The van der Waals surface area contributed by atoms with Crippen molar-refractivity contribution in [2.24, 2.45) is 0 Å². The van der Waals surface area contributed by atoms with E-state index >= 15 is 0 Å². The fraction of sp³-hybridized carbons (Fsp3) is 0.316. The maximum atomic E-state index is 14.7. The summed E-state index contributed by atoms with van der Waals surface area (Å²) in [6.07, 6.45) is 3.25. The van der Waals surface area contributed by atoms with Gasteiger partial charge >= 0.3 is 11.9 Å². The lowest BCUT2D eigenvalue weighted by Gasteiger charge is -2.26. The molecule has 0 radical (unpaired) electrons. The summed E-state index contributed by atoms with van der Waals surface area (Å²) in [4.78, 5) is 39.4. The zero-order valence-corrected chi connectivity index (χ0v) is 15.0. The molecule has 5 N–H and O–H groups in total. The molecule has 148 valence electrons. The summed E-state index contributed by atoms with van der Waals surface area (Å²) in [6, 6.07) is 3.94. The fourth-order valence-electron chi connectivity index (χ4n) is 3.52. The van der Waals surface area contributed by atoms with Gasteiger partial charge in [-0.2, -0.15) is 0 Å². The molecule has 28 heavy (non-hydrogen) atoms. The van der Waals surface area contributed by atoms with Crippen LogP contribution in [-0.2, 0) is 6.54 Å². The zero-order chi connectivity index (χ0) is 20.4. The Labute approximate surface area is 159 Å². The second-order valence-corrected chi connectivity index (χ2v) is 6.75. The molecule has 1 saturated heterocycles. The van der Waals surface area contributed by atoms with E-state index in [1.807, 2.05) is 4.98 Å². The third-order valence-electron chi connectivity index (χ3n) is 4.86. The summed E-state index contributed by atoms with van der Waals surface area (Å²) in [7, 11) is 0. The van der Waals surface area contributed by atoms with Gasteiger partial charge in [0.25, 0.3) is 5.56 Å². The number of anilines is 1. The number of aromatic carboxylic acids is 2. The lowest BCUT2D eigenvalue weighted by molar-refractivity contribution is 0.0695. The lowest BCUT2D eigenvalue weighted by Crippen LogP contribution is -2.29. The third kappa shape index (κ3) is 3.74. The second-order valence-electron chi connectivity index (χ2n) is 6.75. The zero-order valence-electron chi connectivity index (χ0n) is 15.0. The number of carboxylic acid groups (broad SMARTS) is 2. The summed E-state index contributed by atoms with van der Waals surface area (Å²) in [5.74, 6) is -4.24. The van der Waals surface area contributed by atoms with Crippen LogP contribution < -0.4 is 11.3 Å². The molecule has 1 aliphatic heterocycles. The van der Waals surface area contributed by atoms with E-state index in [0.717, 1.165) is 38.4 Å². The number of nitrogens with zero attached hydrogens (tertiary/aromatic N) is 1. The van der Waals surface area contributed by atoms with Crippen molar-refractivity contribution < 1.29 is 24.2 Å². The molecule has 0 saturated carbocycles. The molecule has 1 fully saturated rings. The van der Waals surface area contributed by atoms with Crippen LogP contribution in [0, 0.1) is 5.82 Å². The molecule has 0 bridgehead atoms. The van der Waals surface area contributed by atoms with Crippen LogP contribution in [0.5, 0.6) is 0 Å². The van der Waals surface area contributed by atoms with Crippen molar-refractivity contribution in [1.29, 1.82) is 0 Å². The predicted molar refractivity (Wildman–Crippen MR) is 99.9 cm³/mol. The number of piperidine rings is 1. The Hall–Kier alpha value is -3.20. The van der Waals surface area contributed by atoms with Gasteiger partial charge in [0.05, 0.1) is 0 Å². The number of nitrogen functional groups attached to an aromatic ring is 1. The van der Waals surface area contributed by atoms with Crippen LogP contribution in [0.25, 0.3) is 11.1 Å². The monoisotopic (exact) mass is 389 g/mol. The molecule has 3 rings (SSSR count). The first-order valence-electron chi connectivity index (χ1n) is 8.83. The van der Waals surface area contributed by atoms with Crippen molar-refractivity contribution in [3.63, 3.8) is 0 Å². The van der Waals surface area contributed by atoms with Gasteiger partial charge in [0.15, 0.2) is 0 Å². The Kier molecular flexibility index (Phi) is 5.46. The molecule has 0 atom stereocenters. The first kappa shape index (κ1) is 19.6. The fourth-order valence-corrected chi connectivity index (χ4v) is 3.52. The number of halogens is 1. The molecule has 0 aliphatic carbocycles. The number of H-pyrrole nitrogens is 1. The number of benzene rings is 1. The van der Waals surface area contributed by atoms with Crippen LogP contribution in [0.1, 0.15) is 45.5 Å². The molecule has 2 aromatic rings. The van der Waals surface area contributed by atoms with Gasteiger partial charge in [-0.1, -0.05) is 18.6 Å². The first-order valence-corrected chi connectivity index (χ1v) is 8.83. The Bertz CT molecular complexity index is 996. The van der Waals surface area contributed by atoms with Crippen LogP contribution in [0.3, 0.4) is 0 Å². The Morgan fingerprint density at radius 2 is 1.75 bits per heavy atom. The van der Waals surface area contributed by atoms with E-state index in [1.165, 1.54) is 12.1 Å². The molecule has 1 aromatic carbocycles. The van der Waals surface area contributed by atoms with Crippen molar-refractivity contribution in [3.05, 3.63) is 51.1 Å². The second kappa shape index (κ2) is 7.81. The van der Waals surface area contributed by atoms with Gasteiger partial charge in [-0.05, 0) is 37.6 Å². The van der Waals surface area contributed by atoms with Gasteiger partial charge in [0.2, 0.25) is 0 Å². The van der Waals surface area contributed by atoms with Gasteiger partial charge < -0.3 is 20.9 Å². The lowest BCUT2D eigenvalue weighted by atomic mass is 9.94. The highest BCUT2D eigenvalue weighted by Crippen LogP contribution is 2.30. The summed E-state index contributed by atoms with van der Waals surface area (Å²) in [6.45, 7) is 2.15. The quantitative estimate of drug-likeness (QED) is 0.615. The van der Waals surface area contributed by atoms with Crippen molar-refractivity contribution in [2.45, 2.75) is 25.8 Å². The maximum absolute atomic E-state index is 14.7. The molecule has 8 nitrogen and oxygen atoms in total. The number of carbonyl (C=O) groups is 2. The molecule has 9 heteroatoms. The Balaban J connectivity index is 2.10. The summed E-state index contributed by atoms with van der Waals surface area (Å²) >= 11 is 0. The Morgan fingerprint density at radius 3 is 2.32 bits per heavy atom. The molecular formula is C19H20FN3O5. The summed E-state index contributed by atoms with van der Waals surface area (Å²) < 4.78 is 14.7. The minimum absolute atomic E-state index is 0.0347. The third-order valence-corrected chi connectivity index (χ3v) is 4.86. The Morgan fingerprint density at radius 1 is 1.11 bits per heavy atom. The van der Waals surface area contributed by atoms with Gasteiger partial charge in [0, 0.05) is 17.7 Å². The van der Waals surface area contributed by atoms with E-state index in [4.69, 9.17) is 5.73 Å². The van der Waals surface area contributed by atoms with E-state index in [2.05, 4.69) is 4.90 Å². The van der Waals surface area contributed by atoms with Crippen molar-refractivity contribution in [3.8, 4) is 11.1 Å². The number of hydrogen-bond acceptors (Lipinski definition) is 5. The number of pyridine rings is 1. The molecule has 1 aromatic heterocycles. The number of carboxylic acids is 2. The van der Waals surface area contributed by atoms with Gasteiger partial charge in [-0.3, -0.25) is 9.69 Å². The summed E-state index contributed by atoms with van der Waals surface area (Å²) in [5.41, 5.74) is 3.13. The van der Waals surface area contributed by atoms with E-state index in [0.29, 0.717) is 12.1 Å². The molecule has 0 unspecified atom stereocenters. The highest BCUT2D eigenvalue weighted by atomic mass is 19.1. The van der Waals surface area contributed by atoms with Gasteiger partial charge in [0.1, 0.15) is 22.8 Å². The highest BCUT2D eigenvalue weighted by molar-refractivity contribution is 6.07. The molecule has 0 amide bonds. The number of aromatic nitrogens is 1. The normalized spacial score (nSPS) is 14.8. The SMILES string of the molecule is Nc1[nH]c(=O)c(C(=O)O)c(-c2ccc(CN3CCCCC3)c(F)c2)c1C(=O)O. The largest absolute Gasteiger partial charge is 0.478 e. The summed E-state index contributed by atoms with van der Waals surface area (Å²) in [5, 5.41) is 18.8. The number of nitrogens with two attached hydrogens (primary N) is 1. The maximum Gasteiger partial charge on any atom is 0.342 e. The van der Waals surface area contributed by atoms with Crippen molar-refractivity contribution >= 4 is 17.8 Å².